The van der Waals surface area contributed by atoms with Gasteiger partial charge in [-0.2, -0.15) is 4.98 Å². The molecule has 2 rings (SSSR count). The summed E-state index contributed by atoms with van der Waals surface area (Å²) in [5.74, 6) is 1.37. The van der Waals surface area contributed by atoms with Crippen molar-refractivity contribution in [1.82, 2.24) is 9.97 Å². The molecule has 0 saturated carbocycles. The number of nitrogens with zero attached hydrogens (tertiary/aromatic N) is 3. The predicted molar refractivity (Wildman–Crippen MR) is 90.0 cm³/mol. The van der Waals surface area contributed by atoms with E-state index in [0.29, 0.717) is 21.8 Å². The smallest absolute Gasteiger partial charge is 0.227 e. The number of hydrogen-bond donors (Lipinski definition) is 1. The summed E-state index contributed by atoms with van der Waals surface area (Å²) in [6, 6.07) is 7.07. The van der Waals surface area contributed by atoms with Crippen molar-refractivity contribution in [3.8, 4) is 0 Å². The van der Waals surface area contributed by atoms with Crippen molar-refractivity contribution >= 4 is 40.7 Å². The van der Waals surface area contributed by atoms with Gasteiger partial charge in [-0.15, -0.1) is 0 Å². The first-order valence-electron chi connectivity index (χ1n) is 6.86. The summed E-state index contributed by atoms with van der Waals surface area (Å²) in [4.78, 5) is 10.8. The zero-order valence-corrected chi connectivity index (χ0v) is 13.6. The van der Waals surface area contributed by atoms with E-state index in [-0.39, 0.29) is 0 Å². The standard InChI is InChI=1S/C15H18Cl2N4/c1-3-4-9-21(2)15-18-8-7-14(20-15)19-13-10-11(16)5-6-12(13)17/h5-8,10H,3-4,9H2,1-2H3,(H,18,19,20). The van der Waals surface area contributed by atoms with Gasteiger partial charge in [-0.1, -0.05) is 36.5 Å². The van der Waals surface area contributed by atoms with Crippen molar-refractivity contribution in [3.05, 3.63) is 40.5 Å². The molecule has 0 radical (unpaired) electrons. The molecule has 1 aromatic carbocycles. The number of rotatable bonds is 6. The topological polar surface area (TPSA) is 41.1 Å². The van der Waals surface area contributed by atoms with Crippen LogP contribution in [0.4, 0.5) is 17.5 Å². The summed E-state index contributed by atoms with van der Waals surface area (Å²) in [7, 11) is 1.99. The van der Waals surface area contributed by atoms with Gasteiger partial charge >= 0.3 is 0 Å². The SMILES string of the molecule is CCCCN(C)c1nccc(Nc2cc(Cl)ccc2Cl)n1. The Morgan fingerprint density at radius 1 is 1.24 bits per heavy atom. The minimum atomic E-state index is 0.596. The third-order valence-corrected chi connectivity index (χ3v) is 3.59. The lowest BCUT2D eigenvalue weighted by molar-refractivity contribution is 0.750. The molecule has 1 heterocycles. The second kappa shape index (κ2) is 7.48. The molecule has 0 atom stereocenters. The van der Waals surface area contributed by atoms with Crippen LogP contribution in [-0.4, -0.2) is 23.6 Å². The highest BCUT2D eigenvalue weighted by molar-refractivity contribution is 6.35. The molecule has 0 aliphatic heterocycles. The third kappa shape index (κ3) is 4.48. The van der Waals surface area contributed by atoms with Crippen molar-refractivity contribution in [2.45, 2.75) is 19.8 Å². The maximum Gasteiger partial charge on any atom is 0.227 e. The summed E-state index contributed by atoms with van der Waals surface area (Å²) >= 11 is 12.1. The van der Waals surface area contributed by atoms with Crippen molar-refractivity contribution in [2.75, 3.05) is 23.8 Å². The summed E-state index contributed by atoms with van der Waals surface area (Å²) in [5.41, 5.74) is 0.727. The van der Waals surface area contributed by atoms with E-state index in [1.54, 1.807) is 30.5 Å². The Labute approximate surface area is 135 Å². The van der Waals surface area contributed by atoms with Gasteiger partial charge in [0.1, 0.15) is 5.82 Å². The van der Waals surface area contributed by atoms with Crippen LogP contribution in [0.25, 0.3) is 0 Å². The van der Waals surface area contributed by atoms with Crippen LogP contribution in [0, 0.1) is 0 Å². The maximum atomic E-state index is 6.14. The number of benzene rings is 1. The number of nitrogens with one attached hydrogen (secondary N) is 1. The van der Waals surface area contributed by atoms with Gasteiger partial charge in [0.25, 0.3) is 0 Å². The average Bonchev–Trinajstić information content (AvgIpc) is 2.49. The molecule has 1 aromatic heterocycles. The Bertz CT molecular complexity index is 604. The monoisotopic (exact) mass is 324 g/mol. The molecule has 0 fully saturated rings. The van der Waals surface area contributed by atoms with Gasteiger partial charge < -0.3 is 10.2 Å². The highest BCUT2D eigenvalue weighted by Gasteiger charge is 2.07. The number of unbranched alkanes of at least 4 members (excludes halogenated alkanes) is 1. The summed E-state index contributed by atoms with van der Waals surface area (Å²) < 4.78 is 0. The van der Waals surface area contributed by atoms with E-state index in [0.717, 1.165) is 25.1 Å². The second-order valence-electron chi connectivity index (χ2n) is 4.77. The van der Waals surface area contributed by atoms with E-state index < -0.39 is 0 Å². The summed E-state index contributed by atoms with van der Waals surface area (Å²) in [6.45, 7) is 3.09. The van der Waals surface area contributed by atoms with E-state index in [2.05, 4.69) is 22.2 Å². The van der Waals surface area contributed by atoms with E-state index >= 15 is 0 Å². The number of anilines is 3. The van der Waals surface area contributed by atoms with Gasteiger partial charge in [-0.25, -0.2) is 4.98 Å². The highest BCUT2D eigenvalue weighted by Crippen LogP contribution is 2.28. The van der Waals surface area contributed by atoms with Crippen LogP contribution < -0.4 is 10.2 Å². The summed E-state index contributed by atoms with van der Waals surface area (Å²) in [5, 5.41) is 4.39. The Morgan fingerprint density at radius 2 is 2.05 bits per heavy atom. The van der Waals surface area contributed by atoms with Crippen LogP contribution in [0.15, 0.2) is 30.5 Å². The van der Waals surface area contributed by atoms with Crippen LogP contribution in [0.5, 0.6) is 0 Å². The van der Waals surface area contributed by atoms with Gasteiger partial charge in [-0.3, -0.25) is 0 Å². The Balaban J connectivity index is 2.15. The molecule has 0 aliphatic rings. The molecule has 0 unspecified atom stereocenters. The fourth-order valence-electron chi connectivity index (χ4n) is 1.83. The molecule has 2 aromatic rings. The van der Waals surface area contributed by atoms with Crippen molar-refractivity contribution in [3.63, 3.8) is 0 Å². The lowest BCUT2D eigenvalue weighted by Crippen LogP contribution is -2.21. The lowest BCUT2D eigenvalue weighted by atomic mass is 10.3. The predicted octanol–water partition coefficient (Wildman–Crippen LogP) is 4.76. The fraction of sp³-hybridized carbons (Fsp3) is 0.333. The van der Waals surface area contributed by atoms with E-state index in [4.69, 9.17) is 23.2 Å². The molecule has 0 spiro atoms. The Kier molecular flexibility index (Phi) is 5.65. The molecule has 0 bridgehead atoms. The van der Waals surface area contributed by atoms with Crippen LogP contribution in [-0.2, 0) is 0 Å². The highest BCUT2D eigenvalue weighted by atomic mass is 35.5. The quantitative estimate of drug-likeness (QED) is 0.831. The molecular formula is C15H18Cl2N4. The number of aromatic nitrogens is 2. The molecule has 4 nitrogen and oxygen atoms in total. The van der Waals surface area contributed by atoms with Gasteiger partial charge in [0, 0.05) is 24.8 Å². The summed E-state index contributed by atoms with van der Waals surface area (Å²) in [6.07, 6.45) is 3.98. The fourth-order valence-corrected chi connectivity index (χ4v) is 2.17. The van der Waals surface area contributed by atoms with Crippen LogP contribution in [0.3, 0.4) is 0 Å². The Hall–Kier alpha value is -1.52. The van der Waals surface area contributed by atoms with Crippen LogP contribution >= 0.6 is 23.2 Å². The molecule has 0 amide bonds. The normalized spacial score (nSPS) is 10.5. The van der Waals surface area contributed by atoms with Crippen molar-refractivity contribution < 1.29 is 0 Å². The van der Waals surface area contributed by atoms with Gasteiger partial charge in [-0.05, 0) is 30.7 Å². The van der Waals surface area contributed by atoms with Crippen molar-refractivity contribution in [2.24, 2.45) is 0 Å². The zero-order chi connectivity index (χ0) is 15.2. The maximum absolute atomic E-state index is 6.14. The zero-order valence-electron chi connectivity index (χ0n) is 12.1. The molecule has 1 N–H and O–H groups in total. The minimum Gasteiger partial charge on any atom is -0.344 e. The molecule has 6 heteroatoms. The second-order valence-corrected chi connectivity index (χ2v) is 5.61. The average molecular weight is 325 g/mol. The van der Waals surface area contributed by atoms with Crippen LogP contribution in [0.1, 0.15) is 19.8 Å². The minimum absolute atomic E-state index is 0.596. The molecule has 0 saturated heterocycles. The largest absolute Gasteiger partial charge is 0.344 e. The van der Waals surface area contributed by atoms with Gasteiger partial charge in [0.15, 0.2) is 0 Å². The van der Waals surface area contributed by atoms with E-state index in [1.165, 1.54) is 0 Å². The lowest BCUT2D eigenvalue weighted by Gasteiger charge is -2.17. The van der Waals surface area contributed by atoms with E-state index in [9.17, 15) is 0 Å². The first-order valence-corrected chi connectivity index (χ1v) is 7.62. The first-order chi connectivity index (χ1) is 10.1. The van der Waals surface area contributed by atoms with Crippen molar-refractivity contribution in [1.29, 1.82) is 0 Å². The molecule has 0 aliphatic carbocycles. The first kappa shape index (κ1) is 15.9. The molecule has 21 heavy (non-hydrogen) atoms. The van der Waals surface area contributed by atoms with Gasteiger partial charge in [0.05, 0.1) is 10.7 Å². The Morgan fingerprint density at radius 3 is 2.81 bits per heavy atom. The molecular weight excluding hydrogens is 307 g/mol. The van der Waals surface area contributed by atoms with Crippen LogP contribution in [0.2, 0.25) is 10.0 Å². The third-order valence-electron chi connectivity index (χ3n) is 3.02. The molecule has 112 valence electrons. The number of hydrogen-bond acceptors (Lipinski definition) is 4. The van der Waals surface area contributed by atoms with Gasteiger partial charge in [0.2, 0.25) is 5.95 Å². The van der Waals surface area contributed by atoms with E-state index in [1.807, 2.05) is 11.9 Å². The number of halogens is 2.